The fourth-order valence-corrected chi connectivity index (χ4v) is 1.25. The first kappa shape index (κ1) is 12.8. The smallest absolute Gasteiger partial charge is 0.330 e. The molecule has 0 aliphatic heterocycles. The van der Waals surface area contributed by atoms with Gasteiger partial charge < -0.3 is 9.84 Å². The molecule has 0 aliphatic carbocycles. The molecule has 88 valence electrons. The molecule has 1 N–H and O–H groups in total. The zero-order chi connectivity index (χ0) is 12.7. The van der Waals surface area contributed by atoms with E-state index < -0.39 is 5.97 Å². The quantitative estimate of drug-likeness (QED) is 0.489. The van der Waals surface area contributed by atoms with Crippen molar-refractivity contribution in [3.63, 3.8) is 0 Å². The number of nitriles is 1. The van der Waals surface area contributed by atoms with Gasteiger partial charge in [0.2, 0.25) is 0 Å². The molecule has 1 rings (SSSR count). The third kappa shape index (κ3) is 4.39. The molecule has 0 aliphatic rings. The minimum atomic E-state index is -0.479. The Hall–Kier alpha value is -2.28. The van der Waals surface area contributed by atoms with Gasteiger partial charge in [0.1, 0.15) is 12.4 Å². The highest BCUT2D eigenvalue weighted by Gasteiger charge is 1.99. The number of carbonyl (C=O) groups is 1. The van der Waals surface area contributed by atoms with E-state index in [9.17, 15) is 9.90 Å². The molecule has 0 bridgehead atoms. The van der Waals surface area contributed by atoms with Crippen molar-refractivity contribution in [3.05, 3.63) is 35.4 Å². The largest absolute Gasteiger partial charge is 0.508 e. The summed E-state index contributed by atoms with van der Waals surface area (Å²) >= 11 is 0. The van der Waals surface area contributed by atoms with Crippen LogP contribution in [0.15, 0.2) is 24.3 Å². The van der Waals surface area contributed by atoms with Crippen LogP contribution in [0.2, 0.25) is 0 Å². The van der Waals surface area contributed by atoms with Crippen LogP contribution in [0.1, 0.15) is 17.5 Å². The van der Waals surface area contributed by atoms with Crippen LogP contribution in [-0.2, 0) is 9.53 Å². The molecule has 0 spiro atoms. The van der Waals surface area contributed by atoms with Gasteiger partial charge in [0.15, 0.2) is 0 Å². The van der Waals surface area contributed by atoms with Gasteiger partial charge in [0, 0.05) is 6.08 Å². The van der Waals surface area contributed by atoms with Crippen LogP contribution in [0.4, 0.5) is 0 Å². The van der Waals surface area contributed by atoms with Crippen LogP contribution >= 0.6 is 0 Å². The molecule has 0 aromatic heterocycles. The maximum Gasteiger partial charge on any atom is 0.330 e. The number of phenols is 1. The van der Waals surface area contributed by atoms with Crippen molar-refractivity contribution in [2.75, 3.05) is 6.61 Å². The minimum Gasteiger partial charge on any atom is -0.508 e. The van der Waals surface area contributed by atoms with Gasteiger partial charge in [-0.1, -0.05) is 6.07 Å². The molecule has 0 fully saturated rings. The highest BCUT2D eigenvalue weighted by molar-refractivity contribution is 5.87. The number of ether oxygens (including phenoxy) is 1. The summed E-state index contributed by atoms with van der Waals surface area (Å²) in [5, 5.41) is 17.5. The summed E-state index contributed by atoms with van der Waals surface area (Å²) in [5.41, 5.74) is 1.70. The van der Waals surface area contributed by atoms with Gasteiger partial charge in [-0.25, -0.2) is 4.79 Å². The standard InChI is InChI=1S/C13H13NO3/c1-10-9-12(15)5-3-11(10)4-6-13(16)17-8-2-7-14/h3-6,9,15H,2,8H2,1H3/b6-4+. The number of aromatic hydroxyl groups is 1. The fraction of sp³-hybridized carbons (Fsp3) is 0.231. The number of phenolic OH excluding ortho intramolecular Hbond substituents is 1. The summed E-state index contributed by atoms with van der Waals surface area (Å²) in [4.78, 5) is 11.2. The summed E-state index contributed by atoms with van der Waals surface area (Å²) in [5.74, 6) is -0.288. The Balaban J connectivity index is 2.58. The van der Waals surface area contributed by atoms with E-state index in [1.807, 2.05) is 13.0 Å². The Bertz CT molecular complexity index is 472. The molecule has 1 aromatic rings. The van der Waals surface area contributed by atoms with Crippen molar-refractivity contribution in [1.29, 1.82) is 5.26 Å². The van der Waals surface area contributed by atoms with Crippen molar-refractivity contribution < 1.29 is 14.6 Å². The summed E-state index contributed by atoms with van der Waals surface area (Å²) in [7, 11) is 0. The molecule has 0 amide bonds. The van der Waals surface area contributed by atoms with Gasteiger partial charge in [-0.05, 0) is 36.3 Å². The van der Waals surface area contributed by atoms with E-state index in [0.29, 0.717) is 0 Å². The number of hydrogen-bond donors (Lipinski definition) is 1. The summed E-state index contributed by atoms with van der Waals surface area (Å²) in [6, 6.07) is 6.76. The molecule has 17 heavy (non-hydrogen) atoms. The van der Waals surface area contributed by atoms with Gasteiger partial charge in [-0.15, -0.1) is 0 Å². The van der Waals surface area contributed by atoms with Crippen LogP contribution in [0.5, 0.6) is 5.75 Å². The van der Waals surface area contributed by atoms with E-state index in [1.165, 1.54) is 6.08 Å². The first-order valence-electron chi connectivity index (χ1n) is 5.15. The lowest BCUT2D eigenvalue weighted by Crippen LogP contribution is -2.01. The predicted octanol–water partition coefficient (Wildman–Crippen LogP) is 2.17. The molecule has 1 aromatic carbocycles. The van der Waals surface area contributed by atoms with Gasteiger partial charge >= 0.3 is 5.97 Å². The topological polar surface area (TPSA) is 70.3 Å². The average molecular weight is 231 g/mol. The number of nitrogens with zero attached hydrogens (tertiary/aromatic N) is 1. The molecular formula is C13H13NO3. The first-order valence-corrected chi connectivity index (χ1v) is 5.15. The number of aryl methyl sites for hydroxylation is 1. The minimum absolute atomic E-state index is 0.105. The Morgan fingerprint density at radius 2 is 2.35 bits per heavy atom. The molecule has 0 saturated carbocycles. The molecule has 0 heterocycles. The van der Waals surface area contributed by atoms with E-state index in [0.717, 1.165) is 11.1 Å². The van der Waals surface area contributed by atoms with E-state index in [4.69, 9.17) is 10.00 Å². The number of hydrogen-bond acceptors (Lipinski definition) is 4. The second-order valence-corrected chi connectivity index (χ2v) is 3.45. The summed E-state index contributed by atoms with van der Waals surface area (Å²) < 4.78 is 4.77. The van der Waals surface area contributed by atoms with Crippen LogP contribution in [-0.4, -0.2) is 17.7 Å². The highest BCUT2D eigenvalue weighted by Crippen LogP contribution is 2.16. The van der Waals surface area contributed by atoms with Crippen LogP contribution < -0.4 is 0 Å². The summed E-state index contributed by atoms with van der Waals surface area (Å²) in [6.45, 7) is 1.94. The molecule has 0 saturated heterocycles. The Kier molecular flexibility index (Phi) is 4.77. The van der Waals surface area contributed by atoms with Gasteiger partial charge in [0.25, 0.3) is 0 Å². The first-order chi connectivity index (χ1) is 8.13. The van der Waals surface area contributed by atoms with Gasteiger partial charge in [0.05, 0.1) is 12.5 Å². The van der Waals surface area contributed by atoms with Crippen molar-refractivity contribution in [3.8, 4) is 11.8 Å². The van der Waals surface area contributed by atoms with Crippen LogP contribution in [0.3, 0.4) is 0 Å². The fourth-order valence-electron chi connectivity index (χ4n) is 1.25. The van der Waals surface area contributed by atoms with Crippen molar-refractivity contribution in [1.82, 2.24) is 0 Å². The van der Waals surface area contributed by atoms with Gasteiger partial charge in [-0.2, -0.15) is 5.26 Å². The molecular weight excluding hydrogens is 218 g/mol. The van der Waals surface area contributed by atoms with E-state index in [-0.39, 0.29) is 18.8 Å². The Morgan fingerprint density at radius 1 is 1.59 bits per heavy atom. The summed E-state index contributed by atoms with van der Waals surface area (Å²) in [6.07, 6.45) is 3.11. The van der Waals surface area contributed by atoms with E-state index >= 15 is 0 Å². The lowest BCUT2D eigenvalue weighted by atomic mass is 10.1. The second kappa shape index (κ2) is 6.33. The molecule has 4 nitrogen and oxygen atoms in total. The van der Waals surface area contributed by atoms with Crippen molar-refractivity contribution >= 4 is 12.0 Å². The van der Waals surface area contributed by atoms with Crippen molar-refractivity contribution in [2.45, 2.75) is 13.3 Å². The molecule has 0 radical (unpaired) electrons. The molecule has 4 heteroatoms. The maximum atomic E-state index is 11.2. The van der Waals surface area contributed by atoms with Crippen LogP contribution in [0.25, 0.3) is 6.08 Å². The van der Waals surface area contributed by atoms with Crippen LogP contribution in [0, 0.1) is 18.3 Å². The molecule has 0 atom stereocenters. The monoisotopic (exact) mass is 231 g/mol. The lowest BCUT2D eigenvalue weighted by Gasteiger charge is -2.01. The third-order valence-corrected chi connectivity index (χ3v) is 2.11. The molecule has 0 unspecified atom stereocenters. The number of rotatable bonds is 4. The predicted molar refractivity (Wildman–Crippen MR) is 63.1 cm³/mol. The maximum absolute atomic E-state index is 11.2. The third-order valence-electron chi connectivity index (χ3n) is 2.11. The zero-order valence-electron chi connectivity index (χ0n) is 9.51. The zero-order valence-corrected chi connectivity index (χ0v) is 9.51. The normalized spacial score (nSPS) is 10.1. The van der Waals surface area contributed by atoms with E-state index in [2.05, 4.69) is 0 Å². The number of carbonyl (C=O) groups excluding carboxylic acids is 1. The second-order valence-electron chi connectivity index (χ2n) is 3.45. The van der Waals surface area contributed by atoms with Gasteiger partial charge in [-0.3, -0.25) is 0 Å². The average Bonchev–Trinajstić information content (AvgIpc) is 2.28. The van der Waals surface area contributed by atoms with E-state index in [1.54, 1.807) is 24.3 Å². The van der Waals surface area contributed by atoms with Crippen molar-refractivity contribution in [2.24, 2.45) is 0 Å². The number of esters is 1. The SMILES string of the molecule is Cc1cc(O)ccc1/C=C/C(=O)OCCC#N. The Labute approximate surface area is 99.8 Å². The Morgan fingerprint density at radius 3 is 3.00 bits per heavy atom. The highest BCUT2D eigenvalue weighted by atomic mass is 16.5. The number of benzene rings is 1. The lowest BCUT2D eigenvalue weighted by molar-refractivity contribution is -0.137.